The molecule has 1 heterocycles. The molecule has 104 valence electrons. The third kappa shape index (κ3) is 2.71. The highest BCUT2D eigenvalue weighted by atomic mass is 35.5. The molecule has 0 aromatic carbocycles. The van der Waals surface area contributed by atoms with Crippen molar-refractivity contribution >= 4 is 17.5 Å². The Morgan fingerprint density at radius 2 is 2.16 bits per heavy atom. The Bertz CT molecular complexity index is 439. The molecule has 7 heteroatoms. The van der Waals surface area contributed by atoms with Crippen LogP contribution in [0.1, 0.15) is 39.0 Å². The highest BCUT2D eigenvalue weighted by molar-refractivity contribution is 6.43. The van der Waals surface area contributed by atoms with Gasteiger partial charge in [0.2, 0.25) is 0 Å². The zero-order valence-electron chi connectivity index (χ0n) is 10.9. The lowest BCUT2D eigenvalue weighted by Gasteiger charge is -2.35. The molecule has 0 radical (unpaired) electrons. The van der Waals surface area contributed by atoms with E-state index in [0.717, 1.165) is 25.7 Å². The molecule has 19 heavy (non-hydrogen) atoms. The quantitative estimate of drug-likeness (QED) is 0.451. The van der Waals surface area contributed by atoms with Crippen molar-refractivity contribution in [3.05, 3.63) is 21.2 Å². The third-order valence-electron chi connectivity index (χ3n) is 3.58. The van der Waals surface area contributed by atoms with Gasteiger partial charge in [-0.25, -0.2) is 0 Å². The molecular weight excluding hydrogens is 268 g/mol. The van der Waals surface area contributed by atoms with E-state index in [4.69, 9.17) is 21.9 Å². The van der Waals surface area contributed by atoms with Crippen LogP contribution in [0, 0.1) is 0 Å². The lowest BCUT2D eigenvalue weighted by atomic mass is 9.94. The highest BCUT2D eigenvalue weighted by Gasteiger charge is 2.42. The summed E-state index contributed by atoms with van der Waals surface area (Å²) < 4.78 is 5.57. The van der Waals surface area contributed by atoms with Gasteiger partial charge < -0.3 is 9.64 Å². The van der Waals surface area contributed by atoms with Crippen LogP contribution in [-0.4, -0.2) is 29.7 Å². The van der Waals surface area contributed by atoms with Crippen LogP contribution in [0.3, 0.4) is 0 Å². The van der Waals surface area contributed by atoms with Crippen molar-refractivity contribution in [3.8, 4) is 0 Å². The van der Waals surface area contributed by atoms with E-state index in [1.807, 2.05) is 6.92 Å². The maximum atomic E-state index is 12.2. The molecule has 1 aliphatic heterocycles. The zero-order valence-corrected chi connectivity index (χ0v) is 11.6. The Hall–Kier alpha value is -1.23. The molecule has 0 N–H and O–H groups in total. The summed E-state index contributed by atoms with van der Waals surface area (Å²) in [6, 6.07) is 0.123. The lowest BCUT2D eigenvalue weighted by molar-refractivity contribution is -0.139. The number of nitrogens with zero attached hydrogens (tertiary/aromatic N) is 4. The van der Waals surface area contributed by atoms with Crippen LogP contribution < -0.4 is 0 Å². The molecule has 0 saturated heterocycles. The van der Waals surface area contributed by atoms with Gasteiger partial charge in [-0.1, -0.05) is 36.0 Å². The molecule has 2 rings (SSSR count). The number of carbonyl (C=O) groups excluding carboxylic acids is 1. The first kappa shape index (κ1) is 14.2. The molecule has 0 spiro atoms. The summed E-state index contributed by atoms with van der Waals surface area (Å²) >= 11 is 6.00. The molecule has 0 bridgehead atoms. The summed E-state index contributed by atoms with van der Waals surface area (Å²) in [6.07, 6.45) is 4.65. The Morgan fingerprint density at radius 1 is 1.47 bits per heavy atom. The van der Waals surface area contributed by atoms with Crippen molar-refractivity contribution in [1.29, 1.82) is 0 Å². The van der Waals surface area contributed by atoms with Gasteiger partial charge in [0.1, 0.15) is 5.03 Å². The second-order valence-corrected chi connectivity index (χ2v) is 5.08. The van der Waals surface area contributed by atoms with E-state index >= 15 is 0 Å². The molecule has 1 aliphatic carbocycles. The first-order valence-corrected chi connectivity index (χ1v) is 6.97. The summed E-state index contributed by atoms with van der Waals surface area (Å²) in [5.74, 6) is -0.283. The van der Waals surface area contributed by atoms with Gasteiger partial charge in [0, 0.05) is 17.6 Å². The van der Waals surface area contributed by atoms with E-state index in [0.29, 0.717) is 6.61 Å². The first-order chi connectivity index (χ1) is 9.20. The fourth-order valence-electron chi connectivity index (χ4n) is 2.74. The minimum atomic E-state index is -0.635. The smallest absolute Gasteiger partial charge is 0.268 e. The number of azide groups is 1. The van der Waals surface area contributed by atoms with Gasteiger partial charge in [-0.3, -0.25) is 4.79 Å². The van der Waals surface area contributed by atoms with Gasteiger partial charge in [-0.2, -0.15) is 0 Å². The number of rotatable bonds is 4. The van der Waals surface area contributed by atoms with Crippen molar-refractivity contribution in [2.45, 2.75) is 51.3 Å². The SMILES string of the molecule is CCOC1C(N=[N+]=[N-])=C(Cl)C(=O)N1C1CCCCC1. The maximum absolute atomic E-state index is 12.2. The first-order valence-electron chi connectivity index (χ1n) is 6.59. The molecule has 0 aromatic heterocycles. The van der Waals surface area contributed by atoms with E-state index in [1.54, 1.807) is 4.90 Å². The molecular formula is C12H17ClN4O2. The molecule has 6 nitrogen and oxygen atoms in total. The molecule has 2 aliphatic rings. The fourth-order valence-corrected chi connectivity index (χ4v) is 2.97. The summed E-state index contributed by atoms with van der Waals surface area (Å²) in [6.45, 7) is 2.26. The van der Waals surface area contributed by atoms with E-state index < -0.39 is 6.23 Å². The van der Waals surface area contributed by atoms with Crippen LogP contribution in [0.15, 0.2) is 15.8 Å². The van der Waals surface area contributed by atoms with Gasteiger partial charge in [-0.05, 0) is 25.3 Å². The van der Waals surface area contributed by atoms with E-state index in [9.17, 15) is 4.79 Å². The Labute approximate surface area is 117 Å². The van der Waals surface area contributed by atoms with Gasteiger partial charge in [0.25, 0.3) is 5.91 Å². The second kappa shape index (κ2) is 6.28. The predicted octanol–water partition coefficient (Wildman–Crippen LogP) is 3.28. The van der Waals surface area contributed by atoms with Crippen LogP contribution in [0.25, 0.3) is 10.4 Å². The van der Waals surface area contributed by atoms with Gasteiger partial charge in [0.15, 0.2) is 6.23 Å². The number of halogens is 1. The number of hydrogen-bond acceptors (Lipinski definition) is 3. The average molecular weight is 285 g/mol. The van der Waals surface area contributed by atoms with E-state index in [-0.39, 0.29) is 22.7 Å². The summed E-state index contributed by atoms with van der Waals surface area (Å²) in [5.41, 5.74) is 8.79. The highest BCUT2D eigenvalue weighted by Crippen LogP contribution is 2.36. The van der Waals surface area contributed by atoms with Crippen molar-refractivity contribution in [2.24, 2.45) is 5.11 Å². The van der Waals surface area contributed by atoms with Crippen LogP contribution in [-0.2, 0) is 9.53 Å². The van der Waals surface area contributed by atoms with Gasteiger partial charge in [-0.15, -0.1) is 0 Å². The topological polar surface area (TPSA) is 78.3 Å². The average Bonchev–Trinajstić information content (AvgIpc) is 2.66. The molecule has 0 aromatic rings. The van der Waals surface area contributed by atoms with Crippen molar-refractivity contribution in [1.82, 2.24) is 4.90 Å². The van der Waals surface area contributed by atoms with Crippen LogP contribution in [0.5, 0.6) is 0 Å². The second-order valence-electron chi connectivity index (χ2n) is 4.70. The van der Waals surface area contributed by atoms with Crippen molar-refractivity contribution < 1.29 is 9.53 Å². The van der Waals surface area contributed by atoms with Crippen LogP contribution >= 0.6 is 11.6 Å². The summed E-state index contributed by atoms with van der Waals surface area (Å²) in [7, 11) is 0. The predicted molar refractivity (Wildman–Crippen MR) is 71.2 cm³/mol. The standard InChI is InChI=1S/C12H17ClN4O2/c1-2-19-12-10(15-16-14)9(13)11(18)17(12)8-6-4-3-5-7-8/h8,12H,2-7H2,1H3. The number of amides is 1. The molecule has 1 atom stereocenters. The molecule has 1 saturated carbocycles. The maximum Gasteiger partial charge on any atom is 0.268 e. The van der Waals surface area contributed by atoms with Gasteiger partial charge >= 0.3 is 0 Å². The monoisotopic (exact) mass is 284 g/mol. The summed E-state index contributed by atoms with van der Waals surface area (Å²) in [5, 5.41) is 3.53. The third-order valence-corrected chi connectivity index (χ3v) is 3.93. The normalized spacial score (nSPS) is 24.8. The number of carbonyl (C=O) groups is 1. The Morgan fingerprint density at radius 3 is 2.74 bits per heavy atom. The van der Waals surface area contributed by atoms with E-state index in [2.05, 4.69) is 10.0 Å². The number of ether oxygens (including phenoxy) is 1. The van der Waals surface area contributed by atoms with Crippen LogP contribution in [0.2, 0.25) is 0 Å². The largest absolute Gasteiger partial charge is 0.354 e. The fraction of sp³-hybridized carbons (Fsp3) is 0.750. The van der Waals surface area contributed by atoms with Crippen LogP contribution in [0.4, 0.5) is 0 Å². The molecule has 1 fully saturated rings. The summed E-state index contributed by atoms with van der Waals surface area (Å²) in [4.78, 5) is 16.6. The van der Waals surface area contributed by atoms with Gasteiger partial charge in [0.05, 0.1) is 5.70 Å². The minimum absolute atomic E-state index is 0.0122. The Balaban J connectivity index is 2.27. The Kier molecular flexibility index (Phi) is 4.69. The lowest BCUT2D eigenvalue weighted by Crippen LogP contribution is -2.45. The van der Waals surface area contributed by atoms with E-state index in [1.165, 1.54) is 6.42 Å². The number of hydrogen-bond donors (Lipinski definition) is 0. The zero-order chi connectivity index (χ0) is 13.8. The molecule has 1 unspecified atom stereocenters. The molecule has 1 amide bonds. The van der Waals surface area contributed by atoms with Crippen molar-refractivity contribution in [3.63, 3.8) is 0 Å². The van der Waals surface area contributed by atoms with Crippen molar-refractivity contribution in [2.75, 3.05) is 6.61 Å². The minimum Gasteiger partial charge on any atom is -0.354 e.